The van der Waals surface area contributed by atoms with Crippen molar-refractivity contribution in [3.05, 3.63) is 41.2 Å². The Balaban J connectivity index is 1.66. The monoisotopic (exact) mass is 469 g/mol. The van der Waals surface area contributed by atoms with Crippen molar-refractivity contribution < 1.29 is 17.6 Å². The van der Waals surface area contributed by atoms with Gasteiger partial charge in [0.2, 0.25) is 5.91 Å². The number of amides is 1. The number of aromatic nitrogens is 1. The van der Waals surface area contributed by atoms with E-state index in [1.54, 1.807) is 18.2 Å². The molecule has 0 bridgehead atoms. The molecule has 1 aromatic heterocycles. The van der Waals surface area contributed by atoms with Gasteiger partial charge in [0.05, 0.1) is 11.4 Å². The highest BCUT2D eigenvalue weighted by Crippen LogP contribution is 2.31. The largest absolute Gasteiger partial charge is 0.295 e. The van der Waals surface area contributed by atoms with Gasteiger partial charge in [-0.05, 0) is 12.1 Å². The fraction of sp³-hybridized carbons (Fsp3) is 0.500. The second-order valence-electron chi connectivity index (χ2n) is 7.19. The molecule has 0 aliphatic carbocycles. The van der Waals surface area contributed by atoms with Crippen LogP contribution in [0.5, 0.6) is 0 Å². The number of hydrogen-bond acceptors (Lipinski definition) is 6. The number of nitrogens with zero attached hydrogens (tertiary/aromatic N) is 5. The summed E-state index contributed by atoms with van der Waals surface area (Å²) in [6, 6.07) is 6.11. The van der Waals surface area contributed by atoms with Gasteiger partial charge in [0, 0.05) is 58.1 Å². The molecule has 1 aromatic carbocycles. The standard InChI is InChI=1S/C20H28FN5O3S2/c1-4-24(5-2)31(28,29)25-12-10-23(11-13-25)14-17-15-30-20(22-17)26(16(3)27)19-9-7-6-8-18(19)21/h6-9,15H,4-5,10-14H2,1-3H3. The minimum absolute atomic E-state index is 0.172. The van der Waals surface area contributed by atoms with Crippen LogP contribution >= 0.6 is 11.3 Å². The molecule has 2 aromatic rings. The molecule has 1 fully saturated rings. The van der Waals surface area contributed by atoms with Crippen LogP contribution in [0.15, 0.2) is 29.6 Å². The Kier molecular flexibility index (Phi) is 7.76. The summed E-state index contributed by atoms with van der Waals surface area (Å²) in [7, 11) is -3.43. The van der Waals surface area contributed by atoms with E-state index in [4.69, 9.17) is 0 Å². The van der Waals surface area contributed by atoms with E-state index in [9.17, 15) is 17.6 Å². The number of halogens is 1. The Hall–Kier alpha value is -1.92. The van der Waals surface area contributed by atoms with Crippen LogP contribution in [0.3, 0.4) is 0 Å². The van der Waals surface area contributed by atoms with E-state index in [-0.39, 0.29) is 11.6 Å². The van der Waals surface area contributed by atoms with E-state index >= 15 is 0 Å². The van der Waals surface area contributed by atoms with Crippen LogP contribution in [0.25, 0.3) is 0 Å². The van der Waals surface area contributed by atoms with Crippen molar-refractivity contribution in [1.82, 2.24) is 18.5 Å². The fourth-order valence-electron chi connectivity index (χ4n) is 3.57. The molecule has 1 amide bonds. The van der Waals surface area contributed by atoms with Gasteiger partial charge in [-0.25, -0.2) is 9.37 Å². The highest BCUT2D eigenvalue weighted by atomic mass is 32.2. The van der Waals surface area contributed by atoms with Crippen molar-refractivity contribution in [2.75, 3.05) is 44.2 Å². The number of carbonyl (C=O) groups is 1. The molecular formula is C20H28FN5O3S2. The lowest BCUT2D eigenvalue weighted by molar-refractivity contribution is -0.115. The highest BCUT2D eigenvalue weighted by molar-refractivity contribution is 7.86. The number of para-hydroxylation sites is 1. The van der Waals surface area contributed by atoms with Crippen molar-refractivity contribution in [2.45, 2.75) is 27.3 Å². The predicted molar refractivity (Wildman–Crippen MR) is 120 cm³/mol. The van der Waals surface area contributed by atoms with Crippen LogP contribution in [-0.2, 0) is 21.5 Å². The lowest BCUT2D eigenvalue weighted by atomic mass is 10.3. The van der Waals surface area contributed by atoms with Gasteiger partial charge in [-0.2, -0.15) is 17.0 Å². The van der Waals surface area contributed by atoms with E-state index in [1.165, 1.54) is 37.8 Å². The number of thiazole rings is 1. The third kappa shape index (κ3) is 5.29. The summed E-state index contributed by atoms with van der Waals surface area (Å²) in [5.74, 6) is -0.804. The Bertz CT molecular complexity index is 1000. The van der Waals surface area contributed by atoms with Crippen LogP contribution in [0.1, 0.15) is 26.5 Å². The first-order valence-corrected chi connectivity index (χ1v) is 12.5. The zero-order valence-electron chi connectivity index (χ0n) is 18.0. The number of anilines is 2. The SMILES string of the molecule is CCN(CC)S(=O)(=O)N1CCN(Cc2csc(N(C(C)=O)c3ccccc3F)n2)CC1. The summed E-state index contributed by atoms with van der Waals surface area (Å²) in [5.41, 5.74) is 0.939. The number of hydrogen-bond donors (Lipinski definition) is 0. The van der Waals surface area contributed by atoms with Crippen molar-refractivity contribution >= 4 is 38.3 Å². The normalized spacial score (nSPS) is 16.0. The van der Waals surface area contributed by atoms with Crippen LogP contribution in [0.2, 0.25) is 0 Å². The molecule has 0 radical (unpaired) electrons. The summed E-state index contributed by atoms with van der Waals surface area (Å²) in [5, 5.41) is 2.26. The average Bonchev–Trinajstić information content (AvgIpc) is 3.18. The lowest BCUT2D eigenvalue weighted by Crippen LogP contribution is -2.52. The summed E-state index contributed by atoms with van der Waals surface area (Å²) in [6.45, 7) is 8.53. The minimum Gasteiger partial charge on any atom is -0.295 e. The van der Waals surface area contributed by atoms with Gasteiger partial charge in [-0.1, -0.05) is 26.0 Å². The Labute approximate surface area is 187 Å². The van der Waals surface area contributed by atoms with Crippen LogP contribution in [0, 0.1) is 5.82 Å². The van der Waals surface area contributed by atoms with E-state index in [2.05, 4.69) is 9.88 Å². The summed E-state index contributed by atoms with van der Waals surface area (Å²) in [4.78, 5) is 20.1. The molecule has 2 heterocycles. The summed E-state index contributed by atoms with van der Waals surface area (Å²) >= 11 is 1.28. The van der Waals surface area contributed by atoms with E-state index in [1.807, 2.05) is 19.2 Å². The second-order valence-corrected chi connectivity index (χ2v) is 9.96. The van der Waals surface area contributed by atoms with E-state index in [0.29, 0.717) is 50.9 Å². The molecule has 0 atom stereocenters. The highest BCUT2D eigenvalue weighted by Gasteiger charge is 2.31. The van der Waals surface area contributed by atoms with Crippen molar-refractivity contribution in [3.8, 4) is 0 Å². The minimum atomic E-state index is -3.43. The molecule has 11 heteroatoms. The quantitative estimate of drug-likeness (QED) is 0.594. The van der Waals surface area contributed by atoms with Gasteiger partial charge in [0.15, 0.2) is 5.13 Å². The predicted octanol–water partition coefficient (Wildman–Crippen LogP) is 2.67. The lowest BCUT2D eigenvalue weighted by Gasteiger charge is -2.36. The van der Waals surface area contributed by atoms with Gasteiger partial charge in [-0.15, -0.1) is 11.3 Å². The first-order chi connectivity index (χ1) is 14.8. The maximum absolute atomic E-state index is 14.2. The Morgan fingerprint density at radius 1 is 1.16 bits per heavy atom. The van der Waals surface area contributed by atoms with Gasteiger partial charge < -0.3 is 0 Å². The van der Waals surface area contributed by atoms with Crippen LogP contribution in [0.4, 0.5) is 15.2 Å². The van der Waals surface area contributed by atoms with Crippen molar-refractivity contribution in [1.29, 1.82) is 0 Å². The topological polar surface area (TPSA) is 77.1 Å². The van der Waals surface area contributed by atoms with Gasteiger partial charge in [-0.3, -0.25) is 14.6 Å². The Morgan fingerprint density at radius 2 is 1.81 bits per heavy atom. The molecule has 0 N–H and O–H groups in total. The van der Waals surface area contributed by atoms with Crippen LogP contribution < -0.4 is 4.90 Å². The molecule has 31 heavy (non-hydrogen) atoms. The molecule has 0 spiro atoms. The number of piperazine rings is 1. The number of benzene rings is 1. The van der Waals surface area contributed by atoms with E-state index < -0.39 is 16.0 Å². The van der Waals surface area contributed by atoms with Crippen LogP contribution in [-0.4, -0.2) is 72.1 Å². The van der Waals surface area contributed by atoms with E-state index in [0.717, 1.165) is 5.69 Å². The zero-order valence-corrected chi connectivity index (χ0v) is 19.6. The first kappa shape index (κ1) is 23.7. The molecule has 0 saturated carbocycles. The summed E-state index contributed by atoms with van der Waals surface area (Å²) < 4.78 is 42.6. The van der Waals surface area contributed by atoms with Gasteiger partial charge in [0.1, 0.15) is 5.82 Å². The number of rotatable bonds is 8. The van der Waals surface area contributed by atoms with Crippen molar-refractivity contribution in [2.24, 2.45) is 0 Å². The van der Waals surface area contributed by atoms with Gasteiger partial charge >= 0.3 is 0 Å². The molecule has 3 rings (SSSR count). The first-order valence-electron chi connectivity index (χ1n) is 10.2. The fourth-order valence-corrected chi connectivity index (χ4v) is 6.05. The van der Waals surface area contributed by atoms with Gasteiger partial charge in [0.25, 0.3) is 10.2 Å². The smallest absolute Gasteiger partial charge is 0.282 e. The molecule has 1 aliphatic rings. The second kappa shape index (κ2) is 10.1. The molecule has 1 saturated heterocycles. The van der Waals surface area contributed by atoms with Crippen molar-refractivity contribution in [3.63, 3.8) is 0 Å². The molecular weight excluding hydrogens is 441 g/mol. The maximum Gasteiger partial charge on any atom is 0.282 e. The number of carbonyl (C=O) groups excluding carboxylic acids is 1. The zero-order chi connectivity index (χ0) is 22.6. The summed E-state index contributed by atoms with van der Waals surface area (Å²) in [6.07, 6.45) is 0. The molecule has 170 valence electrons. The molecule has 1 aliphatic heterocycles. The molecule has 8 nitrogen and oxygen atoms in total. The third-order valence-corrected chi connectivity index (χ3v) is 8.28. The Morgan fingerprint density at radius 3 is 2.39 bits per heavy atom. The molecule has 0 unspecified atom stereocenters. The third-order valence-electron chi connectivity index (χ3n) is 5.21. The maximum atomic E-state index is 14.2. The average molecular weight is 470 g/mol.